The van der Waals surface area contributed by atoms with Crippen LogP contribution in [0.4, 0.5) is 47.2 Å². The van der Waals surface area contributed by atoms with Crippen LogP contribution in [0.25, 0.3) is 11.3 Å². The van der Waals surface area contributed by atoms with Crippen molar-refractivity contribution in [3.05, 3.63) is 94.6 Å². The molecular formula is C24H14F7N3OS. The smallest absolute Gasteiger partial charge is 0.329 e. The maximum atomic E-state index is 13.8. The van der Waals surface area contributed by atoms with E-state index in [-0.39, 0.29) is 17.4 Å². The average molecular weight is 525 g/mol. The number of amides is 1. The number of para-hydroxylation sites is 1. The zero-order chi connectivity index (χ0) is 26.1. The van der Waals surface area contributed by atoms with E-state index < -0.39 is 40.8 Å². The van der Waals surface area contributed by atoms with E-state index in [9.17, 15) is 35.5 Å². The second-order valence-corrected chi connectivity index (χ2v) is 8.33. The van der Waals surface area contributed by atoms with Crippen LogP contribution in [0.5, 0.6) is 0 Å². The number of rotatable bonds is 5. The van der Waals surface area contributed by atoms with Gasteiger partial charge in [-0.05, 0) is 42.5 Å². The number of hydrogen-bond donors (Lipinski definition) is 2. The number of nitrogens with zero attached hydrogens (tertiary/aromatic N) is 1. The van der Waals surface area contributed by atoms with Crippen molar-refractivity contribution in [3.8, 4) is 11.3 Å². The summed E-state index contributed by atoms with van der Waals surface area (Å²) in [6, 6.07) is 12.7. The molecule has 2 N–H and O–H groups in total. The monoisotopic (exact) mass is 525 g/mol. The summed E-state index contributed by atoms with van der Waals surface area (Å²) in [6.45, 7) is 0. The first kappa shape index (κ1) is 25.2. The zero-order valence-electron chi connectivity index (χ0n) is 17.8. The first-order valence-electron chi connectivity index (χ1n) is 10.1. The molecule has 186 valence electrons. The second kappa shape index (κ2) is 9.61. The van der Waals surface area contributed by atoms with Gasteiger partial charge in [0.1, 0.15) is 5.82 Å². The summed E-state index contributed by atoms with van der Waals surface area (Å²) in [5.41, 5.74) is -2.67. The summed E-state index contributed by atoms with van der Waals surface area (Å²) in [7, 11) is 0. The SMILES string of the molecule is O=C(Nc1cccc(-c2csc(Nc3ccccc3F)n2)c1)c1cc(C(F)(F)F)cc(C(F)(F)F)c1. The molecule has 0 bridgehead atoms. The summed E-state index contributed by atoms with van der Waals surface area (Å²) >= 11 is 1.18. The predicted molar refractivity (Wildman–Crippen MR) is 122 cm³/mol. The summed E-state index contributed by atoms with van der Waals surface area (Å²) < 4.78 is 92.4. The molecule has 0 aliphatic heterocycles. The standard InChI is InChI=1S/C24H14F7N3OS/c25-18-6-1-2-7-19(18)33-22-34-20(12-36-22)13-4-3-5-17(10-13)32-21(35)14-8-15(23(26,27)28)11-16(9-14)24(29,30)31/h1-12H,(H,32,35)(H,33,34). The number of aromatic nitrogens is 1. The van der Waals surface area contributed by atoms with E-state index in [0.29, 0.717) is 28.5 Å². The maximum Gasteiger partial charge on any atom is 0.416 e. The van der Waals surface area contributed by atoms with Gasteiger partial charge >= 0.3 is 12.4 Å². The Hall–Kier alpha value is -3.93. The molecule has 3 aromatic carbocycles. The Balaban J connectivity index is 1.56. The molecule has 0 radical (unpaired) electrons. The number of nitrogens with one attached hydrogen (secondary N) is 2. The molecule has 0 atom stereocenters. The third-order valence-electron chi connectivity index (χ3n) is 4.89. The number of carbonyl (C=O) groups excluding carboxylic acids is 1. The largest absolute Gasteiger partial charge is 0.416 e. The third kappa shape index (κ3) is 5.82. The van der Waals surface area contributed by atoms with Gasteiger partial charge in [-0.1, -0.05) is 24.3 Å². The molecule has 1 heterocycles. The lowest BCUT2D eigenvalue weighted by Crippen LogP contribution is -2.17. The van der Waals surface area contributed by atoms with Crippen LogP contribution in [-0.4, -0.2) is 10.9 Å². The van der Waals surface area contributed by atoms with Crippen LogP contribution in [0.3, 0.4) is 0 Å². The van der Waals surface area contributed by atoms with E-state index in [1.54, 1.807) is 17.5 Å². The van der Waals surface area contributed by atoms with Crippen molar-refractivity contribution in [1.82, 2.24) is 4.98 Å². The topological polar surface area (TPSA) is 54.0 Å². The highest BCUT2D eigenvalue weighted by Gasteiger charge is 2.37. The summed E-state index contributed by atoms with van der Waals surface area (Å²) in [5, 5.41) is 7.20. The quantitative estimate of drug-likeness (QED) is 0.260. The lowest BCUT2D eigenvalue weighted by atomic mass is 10.0. The summed E-state index contributed by atoms with van der Waals surface area (Å²) in [6.07, 6.45) is -10.1. The van der Waals surface area contributed by atoms with Crippen molar-refractivity contribution in [3.63, 3.8) is 0 Å². The molecule has 4 aromatic rings. The highest BCUT2D eigenvalue weighted by molar-refractivity contribution is 7.14. The number of carbonyl (C=O) groups is 1. The summed E-state index contributed by atoms with van der Waals surface area (Å²) in [5.74, 6) is -1.62. The normalized spacial score (nSPS) is 11.9. The Bertz CT molecular complexity index is 1380. The molecule has 0 aliphatic rings. The fraction of sp³-hybridized carbons (Fsp3) is 0.0833. The number of benzene rings is 3. The number of hydrogen-bond acceptors (Lipinski definition) is 4. The Kier molecular flexibility index (Phi) is 6.72. The highest BCUT2D eigenvalue weighted by Crippen LogP contribution is 2.36. The number of alkyl halides is 6. The lowest BCUT2D eigenvalue weighted by molar-refractivity contribution is -0.143. The van der Waals surface area contributed by atoms with E-state index in [4.69, 9.17) is 0 Å². The van der Waals surface area contributed by atoms with Gasteiger partial charge in [-0.3, -0.25) is 4.79 Å². The Morgan fingerprint density at radius 2 is 1.50 bits per heavy atom. The van der Waals surface area contributed by atoms with Gasteiger partial charge in [0.05, 0.1) is 22.5 Å². The van der Waals surface area contributed by atoms with Crippen molar-refractivity contribution in [2.24, 2.45) is 0 Å². The summed E-state index contributed by atoms with van der Waals surface area (Å²) in [4.78, 5) is 16.9. The lowest BCUT2D eigenvalue weighted by Gasteiger charge is -2.14. The van der Waals surface area contributed by atoms with Gasteiger partial charge in [0.2, 0.25) is 0 Å². The predicted octanol–water partition coefficient (Wildman–Crippen LogP) is 7.98. The molecule has 0 aliphatic carbocycles. The van der Waals surface area contributed by atoms with E-state index in [2.05, 4.69) is 15.6 Å². The van der Waals surface area contributed by atoms with Crippen molar-refractivity contribution in [2.45, 2.75) is 12.4 Å². The zero-order valence-corrected chi connectivity index (χ0v) is 18.7. The number of anilines is 3. The van der Waals surface area contributed by atoms with Gasteiger partial charge < -0.3 is 10.6 Å². The first-order valence-corrected chi connectivity index (χ1v) is 11.0. The Labute approximate surface area is 203 Å². The molecule has 4 nitrogen and oxygen atoms in total. The third-order valence-corrected chi connectivity index (χ3v) is 5.64. The molecule has 0 fully saturated rings. The molecule has 0 unspecified atom stereocenters. The second-order valence-electron chi connectivity index (χ2n) is 7.47. The minimum absolute atomic E-state index is 0.0490. The van der Waals surface area contributed by atoms with Crippen molar-refractivity contribution >= 4 is 33.8 Å². The Morgan fingerprint density at radius 1 is 0.833 bits per heavy atom. The van der Waals surface area contributed by atoms with Crippen LogP contribution in [0.15, 0.2) is 72.1 Å². The van der Waals surface area contributed by atoms with Crippen LogP contribution < -0.4 is 10.6 Å². The number of thiazole rings is 1. The van der Waals surface area contributed by atoms with Crippen molar-refractivity contribution in [2.75, 3.05) is 10.6 Å². The molecule has 4 rings (SSSR count). The first-order chi connectivity index (χ1) is 16.9. The van der Waals surface area contributed by atoms with E-state index in [0.717, 1.165) is 0 Å². The number of halogens is 7. The van der Waals surface area contributed by atoms with Crippen molar-refractivity contribution in [1.29, 1.82) is 0 Å². The Morgan fingerprint density at radius 3 is 2.14 bits per heavy atom. The van der Waals surface area contributed by atoms with E-state index in [1.165, 1.54) is 47.7 Å². The molecule has 0 spiro atoms. The van der Waals surface area contributed by atoms with Crippen molar-refractivity contribution < 1.29 is 35.5 Å². The van der Waals surface area contributed by atoms with Crippen LogP contribution in [0.2, 0.25) is 0 Å². The van der Waals surface area contributed by atoms with Gasteiger partial charge in [0.25, 0.3) is 5.91 Å². The van der Waals surface area contributed by atoms with Crippen LogP contribution in [0.1, 0.15) is 21.5 Å². The molecule has 0 saturated heterocycles. The molecular weight excluding hydrogens is 511 g/mol. The van der Waals surface area contributed by atoms with E-state index >= 15 is 0 Å². The molecule has 1 aromatic heterocycles. The highest BCUT2D eigenvalue weighted by atomic mass is 32.1. The van der Waals surface area contributed by atoms with Gasteiger partial charge in [-0.2, -0.15) is 26.3 Å². The molecule has 36 heavy (non-hydrogen) atoms. The fourth-order valence-corrected chi connectivity index (χ4v) is 3.92. The van der Waals surface area contributed by atoms with Crippen LogP contribution in [0, 0.1) is 5.82 Å². The molecule has 1 amide bonds. The van der Waals surface area contributed by atoms with Crippen LogP contribution >= 0.6 is 11.3 Å². The molecule has 0 saturated carbocycles. The van der Waals surface area contributed by atoms with Crippen LogP contribution in [-0.2, 0) is 12.4 Å². The van der Waals surface area contributed by atoms with E-state index in [1.807, 2.05) is 0 Å². The molecule has 12 heteroatoms. The van der Waals surface area contributed by atoms with Gasteiger partial charge in [-0.25, -0.2) is 9.37 Å². The minimum atomic E-state index is -5.07. The fourth-order valence-electron chi connectivity index (χ4n) is 3.19. The maximum absolute atomic E-state index is 13.8. The van der Waals surface area contributed by atoms with Gasteiger partial charge in [0.15, 0.2) is 5.13 Å². The van der Waals surface area contributed by atoms with Gasteiger partial charge in [-0.15, -0.1) is 11.3 Å². The minimum Gasteiger partial charge on any atom is -0.329 e. The average Bonchev–Trinajstić information content (AvgIpc) is 3.28. The van der Waals surface area contributed by atoms with Gasteiger partial charge in [0, 0.05) is 22.2 Å².